The van der Waals surface area contributed by atoms with Crippen LogP contribution in [-0.2, 0) is 9.59 Å². The molecule has 0 spiro atoms. The number of amides is 2. The second-order valence-corrected chi connectivity index (χ2v) is 8.00. The van der Waals surface area contributed by atoms with Crippen LogP contribution in [0.2, 0.25) is 0 Å². The first-order chi connectivity index (χ1) is 15.1. The Morgan fingerprint density at radius 3 is 2.50 bits per heavy atom. The minimum Gasteiger partial charge on any atom is -0.508 e. The normalized spacial score (nSPS) is 25.4. The third kappa shape index (κ3) is 3.36. The highest BCUT2D eigenvalue weighted by Gasteiger charge is 2.62. The molecule has 0 aromatic heterocycles. The SMILES string of the molecule is C=CC1=CCC2C(=O)N(c3ccccc3)C(=O)C2(C)C1c1cc(OC(F)(F)F)ccc1O. The maximum absolute atomic E-state index is 13.7. The van der Waals surface area contributed by atoms with Crippen molar-refractivity contribution in [3.05, 3.63) is 78.4 Å². The van der Waals surface area contributed by atoms with Crippen LogP contribution in [0.4, 0.5) is 18.9 Å². The summed E-state index contributed by atoms with van der Waals surface area (Å²) < 4.78 is 42.4. The lowest BCUT2D eigenvalue weighted by Crippen LogP contribution is -2.41. The third-order valence-corrected chi connectivity index (χ3v) is 6.22. The maximum Gasteiger partial charge on any atom is 0.573 e. The van der Waals surface area contributed by atoms with Gasteiger partial charge in [-0.15, -0.1) is 13.2 Å². The second-order valence-electron chi connectivity index (χ2n) is 8.00. The van der Waals surface area contributed by atoms with Gasteiger partial charge in [0.05, 0.1) is 17.0 Å². The zero-order valence-corrected chi connectivity index (χ0v) is 17.1. The number of halogens is 3. The number of hydrogen-bond acceptors (Lipinski definition) is 4. The number of phenolic OH excluding ortho intramolecular Hbond substituents is 1. The van der Waals surface area contributed by atoms with Crippen LogP contribution < -0.4 is 9.64 Å². The lowest BCUT2D eigenvalue weighted by atomic mass is 9.60. The number of imide groups is 1. The fourth-order valence-electron chi connectivity index (χ4n) is 4.78. The van der Waals surface area contributed by atoms with Gasteiger partial charge in [-0.25, -0.2) is 4.90 Å². The number of nitrogens with zero attached hydrogens (tertiary/aromatic N) is 1. The van der Waals surface area contributed by atoms with Crippen molar-refractivity contribution in [3.8, 4) is 11.5 Å². The molecule has 3 unspecified atom stereocenters. The molecule has 0 radical (unpaired) electrons. The summed E-state index contributed by atoms with van der Waals surface area (Å²) in [6.07, 6.45) is -1.43. The predicted octanol–water partition coefficient (Wildman–Crippen LogP) is 5.09. The van der Waals surface area contributed by atoms with E-state index in [1.54, 1.807) is 43.3 Å². The van der Waals surface area contributed by atoms with Gasteiger partial charge in [-0.2, -0.15) is 0 Å². The fraction of sp³-hybridized carbons (Fsp3) is 0.250. The monoisotopic (exact) mass is 443 g/mol. The molecule has 2 aliphatic rings. The molecular weight excluding hydrogens is 423 g/mol. The molecule has 1 aliphatic heterocycles. The van der Waals surface area contributed by atoms with Crippen LogP contribution in [0.3, 0.4) is 0 Å². The summed E-state index contributed by atoms with van der Waals surface area (Å²) in [5.74, 6) is -3.38. The molecule has 0 bridgehead atoms. The molecule has 1 heterocycles. The van der Waals surface area contributed by atoms with Crippen LogP contribution in [0.1, 0.15) is 24.8 Å². The van der Waals surface area contributed by atoms with E-state index in [1.807, 2.05) is 0 Å². The Bertz CT molecular complexity index is 1130. The molecular formula is C24H20F3NO4. The zero-order chi connectivity index (χ0) is 23.3. The van der Waals surface area contributed by atoms with Crippen molar-refractivity contribution in [1.82, 2.24) is 0 Å². The van der Waals surface area contributed by atoms with Crippen molar-refractivity contribution in [3.63, 3.8) is 0 Å². The number of benzene rings is 2. The first-order valence-electron chi connectivity index (χ1n) is 9.92. The number of phenols is 1. The van der Waals surface area contributed by atoms with E-state index in [2.05, 4.69) is 11.3 Å². The Morgan fingerprint density at radius 1 is 1.19 bits per heavy atom. The van der Waals surface area contributed by atoms with Crippen molar-refractivity contribution < 1.29 is 32.6 Å². The van der Waals surface area contributed by atoms with E-state index in [-0.39, 0.29) is 17.7 Å². The lowest BCUT2D eigenvalue weighted by molar-refractivity contribution is -0.274. The summed E-state index contributed by atoms with van der Waals surface area (Å²) >= 11 is 0. The fourth-order valence-corrected chi connectivity index (χ4v) is 4.78. The van der Waals surface area contributed by atoms with Crippen molar-refractivity contribution >= 4 is 17.5 Å². The molecule has 1 fully saturated rings. The smallest absolute Gasteiger partial charge is 0.508 e. The number of allylic oxidation sites excluding steroid dienone is 3. The average Bonchev–Trinajstić information content (AvgIpc) is 2.94. The lowest BCUT2D eigenvalue weighted by Gasteiger charge is -2.40. The first-order valence-corrected chi connectivity index (χ1v) is 9.92. The summed E-state index contributed by atoms with van der Waals surface area (Å²) in [5.41, 5.74) is -0.338. The van der Waals surface area contributed by atoms with Crippen LogP contribution in [0.15, 0.2) is 72.8 Å². The molecule has 2 aromatic rings. The molecule has 5 nitrogen and oxygen atoms in total. The van der Waals surface area contributed by atoms with E-state index >= 15 is 0 Å². The summed E-state index contributed by atoms with van der Waals surface area (Å²) in [6.45, 7) is 5.38. The van der Waals surface area contributed by atoms with E-state index < -0.39 is 41.2 Å². The number of rotatable bonds is 4. The summed E-state index contributed by atoms with van der Waals surface area (Å²) in [6, 6.07) is 11.6. The van der Waals surface area contributed by atoms with Crippen LogP contribution in [0, 0.1) is 11.3 Å². The summed E-state index contributed by atoms with van der Waals surface area (Å²) in [7, 11) is 0. The van der Waals surface area contributed by atoms with Gasteiger partial charge in [0.1, 0.15) is 11.5 Å². The third-order valence-electron chi connectivity index (χ3n) is 6.22. The molecule has 1 N–H and O–H groups in total. The summed E-state index contributed by atoms with van der Waals surface area (Å²) in [5, 5.41) is 10.6. The standard InChI is InChI=1S/C24H20F3NO4/c1-3-14-9-11-18-21(30)28(15-7-5-4-6-8-15)22(31)23(18,2)20(14)17-13-16(10-12-19(17)29)32-24(25,26)27/h3-10,12-13,18,20,29H,1,11H2,2H3. The van der Waals surface area contributed by atoms with Gasteiger partial charge in [0.25, 0.3) is 0 Å². The average molecular weight is 443 g/mol. The van der Waals surface area contributed by atoms with Gasteiger partial charge in [0, 0.05) is 11.5 Å². The number of para-hydroxylation sites is 1. The molecule has 1 aliphatic carbocycles. The molecule has 1 saturated heterocycles. The number of ether oxygens (including phenoxy) is 1. The molecule has 2 aromatic carbocycles. The van der Waals surface area contributed by atoms with E-state index in [0.717, 1.165) is 23.1 Å². The number of anilines is 1. The first kappa shape index (κ1) is 21.7. The zero-order valence-electron chi connectivity index (χ0n) is 17.1. The molecule has 3 atom stereocenters. The minimum absolute atomic E-state index is 0.0566. The number of carbonyl (C=O) groups is 2. The van der Waals surface area contributed by atoms with Crippen molar-refractivity contribution in [2.24, 2.45) is 11.3 Å². The number of carbonyl (C=O) groups excluding carboxylic acids is 2. The Balaban J connectivity index is 1.86. The molecule has 4 rings (SSSR count). The number of hydrogen-bond donors (Lipinski definition) is 1. The molecule has 32 heavy (non-hydrogen) atoms. The molecule has 2 amide bonds. The Morgan fingerprint density at radius 2 is 1.88 bits per heavy atom. The van der Waals surface area contributed by atoms with E-state index in [4.69, 9.17) is 0 Å². The van der Waals surface area contributed by atoms with Gasteiger partial charge in [0.2, 0.25) is 11.8 Å². The molecule has 8 heteroatoms. The minimum atomic E-state index is -4.92. The number of aromatic hydroxyl groups is 1. The Kier molecular flexibility index (Phi) is 5.11. The van der Waals surface area contributed by atoms with Gasteiger partial charge in [0.15, 0.2) is 0 Å². The van der Waals surface area contributed by atoms with Crippen LogP contribution in [-0.4, -0.2) is 23.3 Å². The topological polar surface area (TPSA) is 66.8 Å². The van der Waals surface area contributed by atoms with Crippen molar-refractivity contribution in [1.29, 1.82) is 0 Å². The van der Waals surface area contributed by atoms with Crippen LogP contribution in [0.25, 0.3) is 0 Å². The maximum atomic E-state index is 13.7. The van der Waals surface area contributed by atoms with Gasteiger partial charge in [-0.3, -0.25) is 9.59 Å². The van der Waals surface area contributed by atoms with Gasteiger partial charge >= 0.3 is 6.36 Å². The number of fused-ring (bicyclic) bond motifs is 1. The number of alkyl halides is 3. The second kappa shape index (κ2) is 7.55. The predicted molar refractivity (Wildman–Crippen MR) is 111 cm³/mol. The van der Waals surface area contributed by atoms with Crippen molar-refractivity contribution in [2.45, 2.75) is 25.6 Å². The van der Waals surface area contributed by atoms with E-state index in [0.29, 0.717) is 11.3 Å². The van der Waals surface area contributed by atoms with E-state index in [1.165, 1.54) is 6.08 Å². The summed E-state index contributed by atoms with van der Waals surface area (Å²) in [4.78, 5) is 28.1. The quantitative estimate of drug-likeness (QED) is 0.669. The highest BCUT2D eigenvalue weighted by atomic mass is 19.4. The largest absolute Gasteiger partial charge is 0.573 e. The molecule has 166 valence electrons. The van der Waals surface area contributed by atoms with Crippen LogP contribution in [0.5, 0.6) is 11.5 Å². The van der Waals surface area contributed by atoms with Gasteiger partial charge < -0.3 is 9.84 Å². The highest BCUT2D eigenvalue weighted by molar-refractivity contribution is 6.24. The van der Waals surface area contributed by atoms with Crippen LogP contribution >= 0.6 is 0 Å². The Hall–Kier alpha value is -3.55. The van der Waals surface area contributed by atoms with E-state index in [9.17, 15) is 27.9 Å². The van der Waals surface area contributed by atoms with Crippen molar-refractivity contribution in [2.75, 3.05) is 4.90 Å². The van der Waals surface area contributed by atoms with Gasteiger partial charge in [-0.05, 0) is 49.2 Å². The van der Waals surface area contributed by atoms with Gasteiger partial charge in [-0.1, -0.05) is 36.9 Å². The molecule has 0 saturated carbocycles. The Labute approximate surface area is 182 Å². The highest BCUT2D eigenvalue weighted by Crippen LogP contribution is 2.58.